The number of aliphatic carboxylic acids is 7. The molecule has 14 nitrogen and oxygen atoms in total. The molecule has 0 rings (SSSR count). The van der Waals surface area contributed by atoms with Gasteiger partial charge in [-0.2, -0.15) is 0 Å². The molecule has 0 saturated carbocycles. The summed E-state index contributed by atoms with van der Waals surface area (Å²) in [5.74, 6) is -7.80. The predicted molar refractivity (Wildman–Crippen MR) is 268 cm³/mol. The molecule has 0 aliphatic carbocycles. The van der Waals surface area contributed by atoms with Crippen LogP contribution < -0.4 is 35.7 Å². The van der Waals surface area contributed by atoms with Gasteiger partial charge in [-0.25, -0.2) is 0 Å². The van der Waals surface area contributed by atoms with Crippen LogP contribution in [0.25, 0.3) is 0 Å². The molecular formula is C56H105CrO14Zr. The third-order valence-corrected chi connectivity index (χ3v) is 12.1. The average Bonchev–Trinajstić information content (AvgIpc) is 3.31. The zero-order valence-corrected chi connectivity index (χ0v) is 51.7. The summed E-state index contributed by atoms with van der Waals surface area (Å²) in [5, 5.41) is 72.3. The van der Waals surface area contributed by atoms with E-state index < -0.39 is 41.8 Å². The van der Waals surface area contributed by atoms with E-state index in [9.17, 15) is 69.3 Å². The first kappa shape index (κ1) is 89.3. The van der Waals surface area contributed by atoms with Gasteiger partial charge in [0.1, 0.15) is 0 Å². The van der Waals surface area contributed by atoms with Gasteiger partial charge in [-0.3, -0.25) is 0 Å². The van der Waals surface area contributed by atoms with Crippen molar-refractivity contribution in [1.82, 2.24) is 0 Å². The van der Waals surface area contributed by atoms with Gasteiger partial charge in [0.25, 0.3) is 0 Å². The molecule has 0 aliphatic rings. The molecule has 0 aromatic heterocycles. The van der Waals surface area contributed by atoms with Gasteiger partial charge in [-0.1, -0.05) is 187 Å². The van der Waals surface area contributed by atoms with Crippen LogP contribution in [-0.2, 0) is 77.1 Å². The van der Waals surface area contributed by atoms with Gasteiger partial charge < -0.3 is 69.3 Å². The van der Waals surface area contributed by atoms with Gasteiger partial charge in [-0.05, 0) is 131 Å². The van der Waals surface area contributed by atoms with Crippen LogP contribution >= 0.6 is 0 Å². The van der Waals surface area contributed by atoms with E-state index in [1.807, 2.05) is 48.5 Å². The van der Waals surface area contributed by atoms with E-state index in [0.717, 1.165) is 135 Å². The molecular weight excluding hydrogens is 1040 g/mol. The fourth-order valence-electron chi connectivity index (χ4n) is 6.57. The first-order chi connectivity index (χ1) is 33.0. The largest absolute Gasteiger partial charge is 4.00 e. The first-order valence-corrected chi connectivity index (χ1v) is 27.5. The third kappa shape index (κ3) is 65.7. The molecule has 0 aromatic rings. The van der Waals surface area contributed by atoms with E-state index >= 15 is 0 Å². The molecule has 0 aromatic carbocycles. The van der Waals surface area contributed by atoms with Crippen molar-refractivity contribution in [3.8, 4) is 0 Å². The summed E-state index contributed by atoms with van der Waals surface area (Å²) in [7, 11) is 0. The molecule has 0 aliphatic heterocycles. The first-order valence-electron chi connectivity index (χ1n) is 27.5. The molecule has 0 saturated heterocycles. The smallest absolute Gasteiger partial charge is 0.550 e. The molecule has 0 bridgehead atoms. The van der Waals surface area contributed by atoms with Crippen molar-refractivity contribution >= 4 is 41.8 Å². The zero-order chi connectivity index (χ0) is 55.9. The van der Waals surface area contributed by atoms with Crippen LogP contribution in [0.4, 0.5) is 0 Å². The molecule has 0 spiro atoms. The van der Waals surface area contributed by atoms with Crippen molar-refractivity contribution in [3.05, 3.63) is 0 Å². The number of carbonyl (C=O) groups is 7. The normalized spacial score (nSPS) is 12.6. The standard InChI is InChI=1S/7C8H16O2.Cr.Zr/c7*1-3-5-6-7(4-2)8(9)10;;/h7*7H,3-6H2,1-2H3,(H,9,10);;/q;;;;;;;+3;+4/p-7. The van der Waals surface area contributed by atoms with E-state index in [1.165, 1.54) is 0 Å². The van der Waals surface area contributed by atoms with Crippen molar-refractivity contribution in [1.29, 1.82) is 0 Å². The Morgan fingerprint density at radius 1 is 0.236 bits per heavy atom. The summed E-state index contributed by atoms with van der Waals surface area (Å²) in [4.78, 5) is 72.3. The molecule has 72 heavy (non-hydrogen) atoms. The van der Waals surface area contributed by atoms with E-state index in [1.54, 1.807) is 0 Å². The Labute approximate surface area is 470 Å². The Morgan fingerprint density at radius 3 is 0.361 bits per heavy atom. The Morgan fingerprint density at radius 2 is 0.319 bits per heavy atom. The third-order valence-electron chi connectivity index (χ3n) is 12.1. The van der Waals surface area contributed by atoms with Gasteiger partial charge in [-0.15, -0.1) is 0 Å². The summed E-state index contributed by atoms with van der Waals surface area (Å²) in [5.41, 5.74) is 0. The van der Waals surface area contributed by atoms with Crippen LogP contribution in [0, 0.1) is 41.4 Å². The molecule has 423 valence electrons. The van der Waals surface area contributed by atoms with E-state index in [0.29, 0.717) is 44.9 Å². The summed E-state index contributed by atoms with van der Waals surface area (Å²) < 4.78 is 0. The SMILES string of the molecule is CCCCC(CC)C(=O)[O-].CCCCC(CC)C(=O)[O-].CCCCC(CC)C(=O)[O-].CCCCC(CC)C(=O)[O-].CCCCC(CC)C(=O)[O-].CCCCC(CC)C(=O)[O-].CCCCC(CC)C(=O)[O-].[Cr+3].[Zr+4]. The van der Waals surface area contributed by atoms with Crippen molar-refractivity contribution in [2.24, 2.45) is 41.4 Å². The van der Waals surface area contributed by atoms with Crippen molar-refractivity contribution in [3.63, 3.8) is 0 Å². The minimum Gasteiger partial charge on any atom is -0.550 e. The summed E-state index contributed by atoms with van der Waals surface area (Å²) in [6.45, 7) is 27.6. The number of carbonyl (C=O) groups excluding carboxylic acids is 7. The van der Waals surface area contributed by atoms with Crippen molar-refractivity contribution < 1.29 is 113 Å². The second kappa shape index (κ2) is 68.7. The molecule has 0 amide bonds. The minimum absolute atomic E-state index is 0. The molecule has 0 fully saturated rings. The van der Waals surface area contributed by atoms with E-state index in [4.69, 9.17) is 0 Å². The average molecular weight is 1150 g/mol. The van der Waals surface area contributed by atoms with Gasteiger partial charge in [0.2, 0.25) is 0 Å². The number of hydrogen-bond donors (Lipinski definition) is 0. The fraction of sp³-hybridized carbons (Fsp3) is 0.875. The molecule has 16 heteroatoms. The molecule has 7 atom stereocenters. The zero-order valence-electron chi connectivity index (χ0n) is 48.0. The van der Waals surface area contributed by atoms with Crippen LogP contribution in [0.1, 0.15) is 277 Å². The second-order valence-corrected chi connectivity index (χ2v) is 18.0. The van der Waals surface area contributed by atoms with Crippen molar-refractivity contribution in [2.45, 2.75) is 277 Å². The second-order valence-electron chi connectivity index (χ2n) is 18.0. The Balaban J connectivity index is -0.0000000915. The quantitative estimate of drug-likeness (QED) is 0.0641. The van der Waals surface area contributed by atoms with E-state index in [2.05, 4.69) is 48.5 Å². The molecule has 0 N–H and O–H groups in total. The number of hydrogen-bond acceptors (Lipinski definition) is 14. The van der Waals surface area contributed by atoms with Crippen LogP contribution in [0.5, 0.6) is 0 Å². The van der Waals surface area contributed by atoms with Gasteiger partial charge >= 0.3 is 43.6 Å². The Bertz CT molecular complexity index is 967. The van der Waals surface area contributed by atoms with Crippen molar-refractivity contribution in [2.75, 3.05) is 0 Å². The van der Waals surface area contributed by atoms with Crippen LogP contribution in [-0.4, -0.2) is 41.8 Å². The van der Waals surface area contributed by atoms with Crippen LogP contribution in [0.2, 0.25) is 0 Å². The van der Waals surface area contributed by atoms with Gasteiger partial charge in [0.15, 0.2) is 0 Å². The topological polar surface area (TPSA) is 281 Å². The summed E-state index contributed by atoms with van der Waals surface area (Å²) in [6.07, 6.45) is 24.7. The number of rotatable bonds is 35. The molecule has 0 heterocycles. The summed E-state index contributed by atoms with van der Waals surface area (Å²) in [6, 6.07) is 0. The van der Waals surface area contributed by atoms with E-state index in [-0.39, 0.29) is 85.0 Å². The fourth-order valence-corrected chi connectivity index (χ4v) is 6.57. The molecule has 7 unspecified atom stereocenters. The maximum atomic E-state index is 10.3. The number of carboxylic acid groups (broad SMARTS) is 7. The maximum absolute atomic E-state index is 10.3. The minimum atomic E-state index is -0.893. The predicted octanol–water partition coefficient (Wildman–Crippen LogP) is 6.66. The number of unbranched alkanes of at least 4 members (excludes halogenated alkanes) is 7. The monoisotopic (exact) mass is 1140 g/mol. The molecule has 1 radical (unpaired) electrons. The van der Waals surface area contributed by atoms with Gasteiger partial charge in [0.05, 0.1) is 0 Å². The van der Waals surface area contributed by atoms with Crippen LogP contribution in [0.15, 0.2) is 0 Å². The Kier molecular flexibility index (Phi) is 85.2. The number of carboxylic acids is 7. The van der Waals surface area contributed by atoms with Gasteiger partial charge in [0, 0.05) is 41.8 Å². The Hall–Kier alpha value is -2.29. The maximum Gasteiger partial charge on any atom is 4.00 e. The van der Waals surface area contributed by atoms with Crippen LogP contribution in [0.3, 0.4) is 0 Å². The summed E-state index contributed by atoms with van der Waals surface area (Å²) >= 11 is 0.